The maximum atomic E-state index is 13.3. The summed E-state index contributed by atoms with van der Waals surface area (Å²) in [6, 6.07) is 9.39. The average molecular weight is 331 g/mol. The monoisotopic (exact) mass is 331 g/mol. The van der Waals surface area contributed by atoms with Crippen molar-refractivity contribution in [1.82, 2.24) is 0 Å². The molecule has 1 saturated heterocycles. The van der Waals surface area contributed by atoms with Crippen LogP contribution < -0.4 is 4.90 Å². The van der Waals surface area contributed by atoms with Crippen molar-refractivity contribution in [3.05, 3.63) is 71.3 Å². The lowest BCUT2D eigenvalue weighted by atomic mass is 10.3. The molecule has 0 radical (unpaired) electrons. The molecule has 1 aromatic heterocycles. The van der Waals surface area contributed by atoms with Gasteiger partial charge in [-0.2, -0.15) is 0 Å². The second-order valence-corrected chi connectivity index (χ2v) is 6.07. The van der Waals surface area contributed by atoms with Crippen LogP contribution >= 0.6 is 24.0 Å². The molecule has 0 saturated carbocycles. The lowest BCUT2D eigenvalue weighted by Crippen LogP contribution is -2.27. The van der Waals surface area contributed by atoms with Crippen molar-refractivity contribution in [2.45, 2.75) is 0 Å². The molecule has 3 nitrogen and oxygen atoms in total. The van der Waals surface area contributed by atoms with Crippen LogP contribution in [-0.2, 0) is 4.79 Å². The molecule has 22 heavy (non-hydrogen) atoms. The maximum absolute atomic E-state index is 13.3. The molecule has 1 aromatic carbocycles. The first-order chi connectivity index (χ1) is 10.6. The maximum Gasteiger partial charge on any atom is 0.270 e. The Balaban J connectivity index is 1.82. The molecule has 3 rings (SSSR count). The summed E-state index contributed by atoms with van der Waals surface area (Å²) in [7, 11) is 0. The van der Waals surface area contributed by atoms with Crippen molar-refractivity contribution < 1.29 is 13.6 Å². The van der Waals surface area contributed by atoms with Crippen molar-refractivity contribution >= 4 is 46.0 Å². The third kappa shape index (κ3) is 3.03. The third-order valence-electron chi connectivity index (χ3n) is 2.91. The highest BCUT2D eigenvalue weighted by Gasteiger charge is 2.32. The Morgan fingerprint density at radius 1 is 1.27 bits per heavy atom. The van der Waals surface area contributed by atoms with E-state index in [1.165, 1.54) is 28.8 Å². The van der Waals surface area contributed by atoms with Gasteiger partial charge in [-0.25, -0.2) is 4.39 Å². The smallest absolute Gasteiger partial charge is 0.270 e. The van der Waals surface area contributed by atoms with E-state index >= 15 is 0 Å². The number of hydrogen-bond acceptors (Lipinski definition) is 4. The Hall–Kier alpha value is -2.18. The van der Waals surface area contributed by atoms with Gasteiger partial charge in [-0.1, -0.05) is 36.1 Å². The summed E-state index contributed by atoms with van der Waals surface area (Å²) in [4.78, 5) is 14.2. The van der Waals surface area contributed by atoms with Crippen LogP contribution in [0.1, 0.15) is 5.76 Å². The minimum Gasteiger partial charge on any atom is -0.465 e. The molecule has 1 amide bonds. The lowest BCUT2D eigenvalue weighted by molar-refractivity contribution is -0.113. The fourth-order valence-corrected chi connectivity index (χ4v) is 3.19. The molecule has 2 heterocycles. The molecule has 1 aliphatic rings. The fourth-order valence-electron chi connectivity index (χ4n) is 1.94. The Morgan fingerprint density at radius 3 is 2.86 bits per heavy atom. The number of halogens is 1. The SMILES string of the molecule is O=C1C(=CC=Cc2ccco2)SC(=S)N1c1cccc(F)c1. The molecule has 0 unspecified atom stereocenters. The zero-order valence-corrected chi connectivity index (χ0v) is 12.9. The molecule has 0 bridgehead atoms. The van der Waals surface area contributed by atoms with Gasteiger partial charge in [-0.05, 0) is 42.5 Å². The van der Waals surface area contributed by atoms with Crippen LogP contribution in [0, 0.1) is 5.82 Å². The molecular weight excluding hydrogens is 321 g/mol. The van der Waals surface area contributed by atoms with Gasteiger partial charge >= 0.3 is 0 Å². The predicted molar refractivity (Wildman–Crippen MR) is 89.9 cm³/mol. The van der Waals surface area contributed by atoms with E-state index in [9.17, 15) is 9.18 Å². The highest BCUT2D eigenvalue weighted by atomic mass is 32.2. The number of rotatable bonds is 3. The van der Waals surface area contributed by atoms with Gasteiger partial charge in [0.05, 0.1) is 16.9 Å². The van der Waals surface area contributed by atoms with Crippen LogP contribution in [0.15, 0.2) is 64.1 Å². The van der Waals surface area contributed by atoms with Gasteiger partial charge in [0, 0.05) is 0 Å². The summed E-state index contributed by atoms with van der Waals surface area (Å²) >= 11 is 6.40. The van der Waals surface area contributed by atoms with Crippen LogP contribution in [0.25, 0.3) is 6.08 Å². The number of hydrogen-bond donors (Lipinski definition) is 0. The Morgan fingerprint density at radius 2 is 2.14 bits per heavy atom. The number of thioether (sulfide) groups is 1. The second kappa shape index (κ2) is 6.29. The summed E-state index contributed by atoms with van der Waals surface area (Å²) in [5, 5.41) is 0. The standard InChI is InChI=1S/C16H10FNO2S2/c17-11-4-1-5-12(10-11)18-15(19)14(22-16(18)21)8-2-6-13-7-3-9-20-13/h1-10H. The van der Waals surface area contributed by atoms with E-state index in [0.29, 0.717) is 20.7 Å². The van der Waals surface area contributed by atoms with E-state index in [0.717, 1.165) is 0 Å². The summed E-state index contributed by atoms with van der Waals surface area (Å²) in [5.74, 6) is 0.0230. The highest BCUT2D eigenvalue weighted by Crippen LogP contribution is 2.35. The third-order valence-corrected chi connectivity index (χ3v) is 4.23. The first kappa shape index (κ1) is 14.7. The minimum absolute atomic E-state index is 0.260. The van der Waals surface area contributed by atoms with Gasteiger partial charge in [0.2, 0.25) is 0 Å². The van der Waals surface area contributed by atoms with E-state index in [1.807, 2.05) is 6.07 Å². The number of benzene rings is 1. The molecule has 6 heteroatoms. The fraction of sp³-hybridized carbons (Fsp3) is 0. The molecular formula is C16H10FNO2S2. The van der Waals surface area contributed by atoms with Crippen molar-refractivity contribution in [3.63, 3.8) is 0 Å². The topological polar surface area (TPSA) is 33.5 Å². The Kier molecular flexibility index (Phi) is 4.22. The highest BCUT2D eigenvalue weighted by molar-refractivity contribution is 8.27. The Bertz CT molecular complexity index is 781. The molecule has 1 aliphatic heterocycles. The zero-order chi connectivity index (χ0) is 15.5. The Labute approximate surface area is 136 Å². The van der Waals surface area contributed by atoms with Crippen molar-refractivity contribution in [2.75, 3.05) is 4.90 Å². The second-order valence-electron chi connectivity index (χ2n) is 4.39. The number of amides is 1. The van der Waals surface area contributed by atoms with Crippen molar-refractivity contribution in [2.24, 2.45) is 0 Å². The number of carbonyl (C=O) groups is 1. The van der Waals surface area contributed by atoms with Crippen LogP contribution in [0.3, 0.4) is 0 Å². The number of furan rings is 1. The van der Waals surface area contributed by atoms with E-state index in [4.69, 9.17) is 16.6 Å². The van der Waals surface area contributed by atoms with Gasteiger partial charge in [0.25, 0.3) is 5.91 Å². The van der Waals surface area contributed by atoms with Gasteiger partial charge in [-0.15, -0.1) is 0 Å². The van der Waals surface area contributed by atoms with Crippen molar-refractivity contribution in [1.29, 1.82) is 0 Å². The van der Waals surface area contributed by atoms with Crippen LogP contribution in [0.5, 0.6) is 0 Å². The number of carbonyl (C=O) groups excluding carboxylic acids is 1. The number of nitrogens with zero attached hydrogens (tertiary/aromatic N) is 1. The molecule has 2 aromatic rings. The largest absolute Gasteiger partial charge is 0.465 e. The summed E-state index contributed by atoms with van der Waals surface area (Å²) < 4.78 is 18.9. The predicted octanol–water partition coefficient (Wildman–Crippen LogP) is 4.38. The molecule has 0 N–H and O–H groups in total. The van der Waals surface area contributed by atoms with Gasteiger partial charge < -0.3 is 4.42 Å². The van der Waals surface area contributed by atoms with Crippen LogP contribution in [0.2, 0.25) is 0 Å². The van der Waals surface area contributed by atoms with Crippen LogP contribution in [0.4, 0.5) is 10.1 Å². The molecule has 0 aliphatic carbocycles. The van der Waals surface area contributed by atoms with E-state index in [-0.39, 0.29) is 5.91 Å². The summed E-state index contributed by atoms with van der Waals surface area (Å²) in [5.41, 5.74) is 0.431. The van der Waals surface area contributed by atoms with Gasteiger partial charge in [0.15, 0.2) is 4.32 Å². The molecule has 0 spiro atoms. The van der Waals surface area contributed by atoms with E-state index in [2.05, 4.69) is 0 Å². The first-order valence-corrected chi connectivity index (χ1v) is 7.61. The number of thiocarbonyl (C=S) groups is 1. The quantitative estimate of drug-likeness (QED) is 0.617. The van der Waals surface area contributed by atoms with Crippen molar-refractivity contribution in [3.8, 4) is 0 Å². The molecule has 1 fully saturated rings. The van der Waals surface area contributed by atoms with Gasteiger partial charge in [-0.3, -0.25) is 9.69 Å². The minimum atomic E-state index is -0.409. The zero-order valence-electron chi connectivity index (χ0n) is 11.2. The molecule has 0 atom stereocenters. The normalized spacial score (nSPS) is 17.1. The first-order valence-electron chi connectivity index (χ1n) is 6.39. The van der Waals surface area contributed by atoms with E-state index in [1.54, 1.807) is 42.7 Å². The lowest BCUT2D eigenvalue weighted by Gasteiger charge is -2.14. The van der Waals surface area contributed by atoms with E-state index < -0.39 is 5.82 Å². The average Bonchev–Trinajstić information content (AvgIpc) is 3.08. The molecule has 110 valence electrons. The summed E-state index contributed by atoms with van der Waals surface area (Å²) in [6.45, 7) is 0. The number of allylic oxidation sites excluding steroid dienone is 2. The van der Waals surface area contributed by atoms with Crippen LogP contribution in [-0.4, -0.2) is 10.2 Å². The van der Waals surface area contributed by atoms with Gasteiger partial charge in [0.1, 0.15) is 11.6 Å². The summed E-state index contributed by atoms with van der Waals surface area (Å²) in [6.07, 6.45) is 6.70. The number of anilines is 1.